The molecule has 0 atom stereocenters. The van der Waals surface area contributed by atoms with E-state index in [4.69, 9.17) is 16.4 Å². The Hall–Kier alpha value is -2.61. The van der Waals surface area contributed by atoms with Crippen molar-refractivity contribution in [1.82, 2.24) is 29.8 Å². The standard InChI is InChI=1S/C14H15ClN6O2/c1-19(7-10-6-16-20(2)8-10)14(22)9-23-21-13-5-11(15)3-4-12(13)17-18-21/h3-6,8H,7,9H2,1-2H3. The van der Waals surface area contributed by atoms with E-state index in [9.17, 15) is 4.79 Å². The van der Waals surface area contributed by atoms with Crippen molar-refractivity contribution in [2.75, 3.05) is 13.7 Å². The number of aryl methyl sites for hydroxylation is 1. The van der Waals surface area contributed by atoms with E-state index in [0.29, 0.717) is 22.6 Å². The molecule has 2 aromatic heterocycles. The number of likely N-dealkylation sites (N-methyl/N-ethyl adjacent to an activating group) is 1. The second-order valence-electron chi connectivity index (χ2n) is 5.14. The lowest BCUT2D eigenvalue weighted by Gasteiger charge is -2.16. The molecule has 0 N–H and O–H groups in total. The normalized spacial score (nSPS) is 10.9. The number of benzene rings is 1. The van der Waals surface area contributed by atoms with Crippen LogP contribution in [0.5, 0.6) is 0 Å². The van der Waals surface area contributed by atoms with Crippen molar-refractivity contribution in [2.24, 2.45) is 7.05 Å². The van der Waals surface area contributed by atoms with Gasteiger partial charge in [0.15, 0.2) is 6.61 Å². The third-order valence-electron chi connectivity index (χ3n) is 3.29. The summed E-state index contributed by atoms with van der Waals surface area (Å²) in [5.41, 5.74) is 2.20. The molecule has 0 unspecified atom stereocenters. The third kappa shape index (κ3) is 3.42. The first-order chi connectivity index (χ1) is 11.0. The van der Waals surface area contributed by atoms with E-state index in [-0.39, 0.29) is 12.5 Å². The van der Waals surface area contributed by atoms with Gasteiger partial charge >= 0.3 is 0 Å². The molecule has 120 valence electrons. The van der Waals surface area contributed by atoms with Crippen LogP contribution in [0.15, 0.2) is 30.6 Å². The lowest BCUT2D eigenvalue weighted by atomic mass is 10.3. The molecule has 9 heteroatoms. The first-order valence-corrected chi connectivity index (χ1v) is 7.26. The van der Waals surface area contributed by atoms with E-state index in [1.165, 1.54) is 4.85 Å². The molecule has 8 nitrogen and oxygen atoms in total. The SMILES string of the molecule is CN(Cc1cnn(C)c1)C(=O)COn1nnc2ccc(Cl)cc21. The number of nitrogens with zero attached hydrogens (tertiary/aromatic N) is 6. The van der Waals surface area contributed by atoms with Crippen LogP contribution < -0.4 is 4.84 Å². The lowest BCUT2D eigenvalue weighted by molar-refractivity contribution is -0.136. The molecule has 2 heterocycles. The van der Waals surface area contributed by atoms with Gasteiger partial charge in [0.05, 0.1) is 6.20 Å². The third-order valence-corrected chi connectivity index (χ3v) is 3.53. The van der Waals surface area contributed by atoms with Gasteiger partial charge in [-0.15, -0.1) is 5.10 Å². The maximum absolute atomic E-state index is 12.1. The summed E-state index contributed by atoms with van der Waals surface area (Å²) in [6.45, 7) is 0.307. The summed E-state index contributed by atoms with van der Waals surface area (Å²) < 4.78 is 1.69. The molecule has 23 heavy (non-hydrogen) atoms. The molecule has 0 saturated carbocycles. The fraction of sp³-hybridized carbons (Fsp3) is 0.286. The summed E-state index contributed by atoms with van der Waals surface area (Å²) >= 11 is 5.95. The van der Waals surface area contributed by atoms with Gasteiger partial charge in [-0.25, -0.2) is 0 Å². The lowest BCUT2D eigenvalue weighted by Crippen LogP contribution is -2.33. The van der Waals surface area contributed by atoms with Crippen molar-refractivity contribution in [2.45, 2.75) is 6.54 Å². The highest BCUT2D eigenvalue weighted by Crippen LogP contribution is 2.16. The minimum absolute atomic E-state index is 0.151. The number of carbonyl (C=O) groups is 1. The Balaban J connectivity index is 1.62. The van der Waals surface area contributed by atoms with Crippen LogP contribution in [0, 0.1) is 0 Å². The van der Waals surface area contributed by atoms with Crippen LogP contribution in [-0.2, 0) is 18.4 Å². The predicted molar refractivity (Wildman–Crippen MR) is 83.7 cm³/mol. The van der Waals surface area contributed by atoms with Crippen molar-refractivity contribution in [3.8, 4) is 0 Å². The maximum atomic E-state index is 12.1. The highest BCUT2D eigenvalue weighted by atomic mass is 35.5. The zero-order valence-electron chi connectivity index (χ0n) is 12.7. The smallest absolute Gasteiger partial charge is 0.263 e. The van der Waals surface area contributed by atoms with Crippen molar-refractivity contribution in [3.63, 3.8) is 0 Å². The molecule has 0 aliphatic rings. The minimum Gasteiger partial charge on any atom is -0.385 e. The van der Waals surface area contributed by atoms with Gasteiger partial charge in [-0.05, 0) is 23.4 Å². The number of amides is 1. The number of hydrogen-bond acceptors (Lipinski definition) is 5. The second kappa shape index (κ2) is 6.25. The van der Waals surface area contributed by atoms with Crippen LogP contribution in [0.3, 0.4) is 0 Å². The summed E-state index contributed by atoms with van der Waals surface area (Å²) in [6, 6.07) is 5.14. The molecule has 0 spiro atoms. The molecule has 3 rings (SSSR count). The van der Waals surface area contributed by atoms with Gasteiger partial charge in [-0.2, -0.15) is 5.10 Å². The fourth-order valence-electron chi connectivity index (χ4n) is 2.11. The predicted octanol–water partition coefficient (Wildman–Crippen LogP) is 0.905. The van der Waals surface area contributed by atoms with Gasteiger partial charge in [0, 0.05) is 37.4 Å². The van der Waals surface area contributed by atoms with E-state index < -0.39 is 0 Å². The Bertz CT molecular complexity index is 843. The van der Waals surface area contributed by atoms with Gasteiger partial charge in [0.25, 0.3) is 5.91 Å². The van der Waals surface area contributed by atoms with Crippen LogP contribution >= 0.6 is 11.6 Å². The highest BCUT2D eigenvalue weighted by molar-refractivity contribution is 6.31. The summed E-state index contributed by atoms with van der Waals surface area (Å²) in [6.07, 6.45) is 3.58. The van der Waals surface area contributed by atoms with Crippen molar-refractivity contribution in [1.29, 1.82) is 0 Å². The molecule has 0 fully saturated rings. The molecule has 0 saturated heterocycles. The molecule has 1 amide bonds. The molecular weight excluding hydrogens is 320 g/mol. The van der Waals surface area contributed by atoms with Crippen LogP contribution in [0.2, 0.25) is 5.02 Å². The monoisotopic (exact) mass is 334 g/mol. The van der Waals surface area contributed by atoms with Gasteiger partial charge in [-0.1, -0.05) is 16.4 Å². The number of halogens is 1. The van der Waals surface area contributed by atoms with E-state index >= 15 is 0 Å². The van der Waals surface area contributed by atoms with Crippen LogP contribution in [0.1, 0.15) is 5.56 Å². The van der Waals surface area contributed by atoms with Crippen LogP contribution in [-0.4, -0.2) is 49.4 Å². The molecule has 0 aliphatic heterocycles. The molecule has 0 aliphatic carbocycles. The van der Waals surface area contributed by atoms with Crippen LogP contribution in [0.4, 0.5) is 0 Å². The average molecular weight is 335 g/mol. The summed E-state index contributed by atoms with van der Waals surface area (Å²) in [5.74, 6) is -0.181. The Kier molecular flexibility index (Phi) is 4.16. The van der Waals surface area contributed by atoms with Crippen molar-refractivity contribution in [3.05, 3.63) is 41.2 Å². The summed E-state index contributed by atoms with van der Waals surface area (Å²) in [4.78, 5) is 20.3. The first-order valence-electron chi connectivity index (χ1n) is 6.88. The van der Waals surface area contributed by atoms with E-state index in [1.54, 1.807) is 41.0 Å². The Morgan fingerprint density at radius 3 is 3.00 bits per heavy atom. The zero-order valence-corrected chi connectivity index (χ0v) is 13.4. The van der Waals surface area contributed by atoms with Gasteiger partial charge in [-0.3, -0.25) is 9.48 Å². The summed E-state index contributed by atoms with van der Waals surface area (Å²) in [5, 5.41) is 12.4. The number of hydrogen-bond donors (Lipinski definition) is 0. The summed E-state index contributed by atoms with van der Waals surface area (Å²) in [7, 11) is 3.53. The molecule has 1 aromatic carbocycles. The minimum atomic E-state index is -0.181. The quantitative estimate of drug-likeness (QED) is 0.693. The van der Waals surface area contributed by atoms with Crippen molar-refractivity contribution >= 4 is 28.5 Å². The number of carbonyl (C=O) groups excluding carboxylic acids is 1. The number of aromatic nitrogens is 5. The Labute approximate surface area is 137 Å². The van der Waals surface area contributed by atoms with Crippen molar-refractivity contribution < 1.29 is 9.63 Å². The molecule has 0 bridgehead atoms. The zero-order chi connectivity index (χ0) is 16.4. The first kappa shape index (κ1) is 15.3. The van der Waals surface area contributed by atoms with Gasteiger partial charge < -0.3 is 9.74 Å². The fourth-order valence-corrected chi connectivity index (χ4v) is 2.28. The topological polar surface area (TPSA) is 78.1 Å². The molecule has 3 aromatic rings. The number of rotatable bonds is 5. The second-order valence-corrected chi connectivity index (χ2v) is 5.58. The highest BCUT2D eigenvalue weighted by Gasteiger charge is 2.13. The average Bonchev–Trinajstić information content (AvgIpc) is 3.10. The Morgan fingerprint density at radius 1 is 1.43 bits per heavy atom. The van der Waals surface area contributed by atoms with Crippen LogP contribution in [0.25, 0.3) is 11.0 Å². The van der Waals surface area contributed by atoms with Gasteiger partial charge in [0.2, 0.25) is 0 Å². The number of fused-ring (bicyclic) bond motifs is 1. The molecular formula is C14H15ClN6O2. The van der Waals surface area contributed by atoms with Gasteiger partial charge in [0.1, 0.15) is 11.0 Å². The van der Waals surface area contributed by atoms with E-state index in [2.05, 4.69) is 15.4 Å². The van der Waals surface area contributed by atoms with E-state index in [0.717, 1.165) is 5.56 Å². The largest absolute Gasteiger partial charge is 0.385 e. The molecule has 0 radical (unpaired) electrons. The van der Waals surface area contributed by atoms with E-state index in [1.807, 2.05) is 13.2 Å². The Morgan fingerprint density at radius 2 is 2.26 bits per heavy atom. The maximum Gasteiger partial charge on any atom is 0.263 e.